The summed E-state index contributed by atoms with van der Waals surface area (Å²) < 4.78 is 5.74. The Hall–Kier alpha value is -3.85. The van der Waals surface area contributed by atoms with Gasteiger partial charge < -0.3 is 10.1 Å². The van der Waals surface area contributed by atoms with Crippen LogP contribution in [0.15, 0.2) is 24.4 Å². The number of nitrogens with zero attached hydrogens (tertiary/aromatic N) is 4. The minimum absolute atomic E-state index is 0.0689. The molecule has 0 aliphatic carbocycles. The summed E-state index contributed by atoms with van der Waals surface area (Å²) in [6.07, 6.45) is 2.81. The highest BCUT2D eigenvalue weighted by atomic mass is 16.5. The molecule has 9 nitrogen and oxygen atoms in total. The summed E-state index contributed by atoms with van der Waals surface area (Å²) in [4.78, 5) is 19.4. The predicted octanol–water partition coefficient (Wildman–Crippen LogP) is 2.32. The number of benzene rings is 1. The fourth-order valence-corrected chi connectivity index (χ4v) is 2.35. The van der Waals surface area contributed by atoms with Gasteiger partial charge in [0.25, 0.3) is 0 Å². The van der Waals surface area contributed by atoms with E-state index in [0.29, 0.717) is 13.2 Å². The smallest absolute Gasteiger partial charge is 0.333 e. The number of aryl methyl sites for hydroxylation is 2. The second kappa shape index (κ2) is 10.3. The van der Waals surface area contributed by atoms with Crippen molar-refractivity contribution >= 4 is 11.8 Å². The van der Waals surface area contributed by atoms with Gasteiger partial charge in [-0.3, -0.25) is 10.9 Å². The molecule has 0 fully saturated rings. The maximum atomic E-state index is 11.7. The number of nitrogens with one attached hydrogen (secondary N) is 3. The Balaban J connectivity index is 1.63. The van der Waals surface area contributed by atoms with Crippen LogP contribution in [-0.4, -0.2) is 29.2 Å². The van der Waals surface area contributed by atoms with E-state index in [1.165, 1.54) is 11.8 Å². The van der Waals surface area contributed by atoms with Gasteiger partial charge in [-0.25, -0.2) is 14.8 Å². The monoisotopic (exact) mass is 379 g/mol. The standard InChI is InChI=1S/C19H21N7O2/c1-13-5-6-17(14(2)9-13)28-8-4-3-7-22-19(27)26-25-18-12-23-15(10-20)16(11-21)24-18/h5-6,9,12H,3-4,7-8H2,1-2H3,(H,24,25)(H2,22,26,27). The molecule has 0 saturated heterocycles. The number of rotatable bonds is 8. The Morgan fingerprint density at radius 1 is 1.18 bits per heavy atom. The van der Waals surface area contributed by atoms with Gasteiger partial charge in [0.1, 0.15) is 17.9 Å². The molecule has 2 aromatic rings. The van der Waals surface area contributed by atoms with Gasteiger partial charge in [0.15, 0.2) is 17.2 Å². The number of nitriles is 2. The lowest BCUT2D eigenvalue weighted by atomic mass is 10.1. The minimum atomic E-state index is -0.444. The Morgan fingerprint density at radius 2 is 1.96 bits per heavy atom. The number of anilines is 1. The van der Waals surface area contributed by atoms with Crippen LogP contribution >= 0.6 is 0 Å². The third-order valence-electron chi connectivity index (χ3n) is 3.73. The molecule has 2 amide bonds. The first-order valence-corrected chi connectivity index (χ1v) is 8.70. The van der Waals surface area contributed by atoms with Crippen LogP contribution in [0, 0.1) is 36.5 Å². The van der Waals surface area contributed by atoms with Crippen LogP contribution in [0.1, 0.15) is 35.4 Å². The van der Waals surface area contributed by atoms with Crippen LogP contribution in [-0.2, 0) is 0 Å². The topological polar surface area (TPSA) is 136 Å². The fraction of sp³-hybridized carbons (Fsp3) is 0.316. The summed E-state index contributed by atoms with van der Waals surface area (Å²) in [7, 11) is 0. The van der Waals surface area contributed by atoms with Crippen molar-refractivity contribution in [3.05, 3.63) is 46.9 Å². The molecule has 28 heavy (non-hydrogen) atoms. The SMILES string of the molecule is Cc1ccc(OCCCCNC(=O)NNc2cnc(C#N)c(C#N)n2)c(C)c1. The van der Waals surface area contributed by atoms with Crippen LogP contribution < -0.4 is 20.9 Å². The molecule has 0 aliphatic heterocycles. The van der Waals surface area contributed by atoms with E-state index in [4.69, 9.17) is 15.3 Å². The van der Waals surface area contributed by atoms with Gasteiger partial charge in [-0.2, -0.15) is 10.5 Å². The van der Waals surface area contributed by atoms with Gasteiger partial charge in [0.05, 0.1) is 12.8 Å². The first-order chi connectivity index (χ1) is 13.5. The Labute approximate surface area is 163 Å². The van der Waals surface area contributed by atoms with Gasteiger partial charge in [-0.05, 0) is 38.3 Å². The summed E-state index contributed by atoms with van der Waals surface area (Å²) in [5, 5.41) is 20.4. The van der Waals surface area contributed by atoms with Gasteiger partial charge >= 0.3 is 6.03 Å². The number of amides is 2. The fourth-order valence-electron chi connectivity index (χ4n) is 2.35. The van der Waals surface area contributed by atoms with Crippen molar-refractivity contribution in [3.8, 4) is 17.9 Å². The molecule has 2 rings (SSSR count). The van der Waals surface area contributed by atoms with Crippen molar-refractivity contribution in [2.45, 2.75) is 26.7 Å². The third kappa shape index (κ3) is 6.15. The van der Waals surface area contributed by atoms with Crippen LogP contribution in [0.4, 0.5) is 10.6 Å². The Bertz CT molecular complexity index is 915. The highest BCUT2D eigenvalue weighted by Gasteiger charge is 2.07. The third-order valence-corrected chi connectivity index (χ3v) is 3.73. The lowest BCUT2D eigenvalue weighted by molar-refractivity contribution is 0.241. The molecule has 0 unspecified atom stereocenters. The summed E-state index contributed by atoms with van der Waals surface area (Å²) >= 11 is 0. The number of hydrogen-bond acceptors (Lipinski definition) is 7. The van der Waals surface area contributed by atoms with E-state index in [1.54, 1.807) is 12.1 Å². The lowest BCUT2D eigenvalue weighted by Gasteiger charge is -2.11. The van der Waals surface area contributed by atoms with E-state index in [0.717, 1.165) is 24.2 Å². The highest BCUT2D eigenvalue weighted by molar-refractivity contribution is 5.75. The van der Waals surface area contributed by atoms with Crippen LogP contribution in [0.2, 0.25) is 0 Å². The first kappa shape index (κ1) is 20.5. The average Bonchev–Trinajstić information content (AvgIpc) is 2.70. The normalized spacial score (nSPS) is 9.71. The largest absolute Gasteiger partial charge is 0.493 e. The molecular formula is C19H21N7O2. The van der Waals surface area contributed by atoms with E-state index in [9.17, 15) is 4.79 Å². The number of carbonyl (C=O) groups is 1. The quantitative estimate of drug-likeness (QED) is 0.473. The van der Waals surface area contributed by atoms with E-state index in [2.05, 4.69) is 32.2 Å². The molecule has 0 atom stereocenters. The van der Waals surface area contributed by atoms with E-state index in [-0.39, 0.29) is 17.2 Å². The Morgan fingerprint density at radius 3 is 2.68 bits per heavy atom. The average molecular weight is 379 g/mol. The summed E-state index contributed by atoms with van der Waals surface area (Å²) in [5.41, 5.74) is 7.05. The minimum Gasteiger partial charge on any atom is -0.493 e. The molecule has 0 saturated carbocycles. The molecule has 144 valence electrons. The molecule has 1 heterocycles. The summed E-state index contributed by atoms with van der Waals surface area (Å²) in [6.45, 7) is 5.10. The second-order valence-corrected chi connectivity index (χ2v) is 6.01. The summed E-state index contributed by atoms with van der Waals surface area (Å²) in [6, 6.07) is 9.14. The number of urea groups is 1. The van der Waals surface area contributed by atoms with Crippen molar-refractivity contribution in [2.75, 3.05) is 18.6 Å². The number of hydrogen-bond donors (Lipinski definition) is 3. The van der Waals surface area contributed by atoms with Crippen molar-refractivity contribution < 1.29 is 9.53 Å². The van der Waals surface area contributed by atoms with Crippen LogP contribution in [0.25, 0.3) is 0 Å². The van der Waals surface area contributed by atoms with Gasteiger partial charge in [0, 0.05) is 6.54 Å². The number of hydrazine groups is 1. The lowest BCUT2D eigenvalue weighted by Crippen LogP contribution is -2.39. The molecule has 1 aromatic heterocycles. The molecule has 1 aromatic carbocycles. The maximum Gasteiger partial charge on any atom is 0.333 e. The van der Waals surface area contributed by atoms with E-state index in [1.807, 2.05) is 26.0 Å². The molecule has 0 spiro atoms. The zero-order valence-corrected chi connectivity index (χ0v) is 15.7. The number of aromatic nitrogens is 2. The second-order valence-electron chi connectivity index (χ2n) is 6.01. The molecular weight excluding hydrogens is 358 g/mol. The maximum absolute atomic E-state index is 11.7. The Kier molecular flexibility index (Phi) is 7.55. The summed E-state index contributed by atoms with van der Waals surface area (Å²) in [5.74, 6) is 1.04. The number of ether oxygens (including phenoxy) is 1. The van der Waals surface area contributed by atoms with Crippen molar-refractivity contribution in [1.82, 2.24) is 20.7 Å². The first-order valence-electron chi connectivity index (χ1n) is 8.70. The number of carbonyl (C=O) groups excluding carboxylic acids is 1. The molecule has 0 aliphatic rings. The van der Waals surface area contributed by atoms with Gasteiger partial charge in [-0.15, -0.1) is 0 Å². The molecule has 0 radical (unpaired) electrons. The van der Waals surface area contributed by atoms with Crippen molar-refractivity contribution in [3.63, 3.8) is 0 Å². The zero-order chi connectivity index (χ0) is 20.4. The molecule has 3 N–H and O–H groups in total. The van der Waals surface area contributed by atoms with E-state index >= 15 is 0 Å². The number of unbranched alkanes of at least 4 members (excludes halogenated alkanes) is 1. The van der Waals surface area contributed by atoms with Crippen molar-refractivity contribution in [2.24, 2.45) is 0 Å². The van der Waals surface area contributed by atoms with Crippen molar-refractivity contribution in [1.29, 1.82) is 10.5 Å². The molecule has 9 heteroatoms. The van der Waals surface area contributed by atoms with Crippen LogP contribution in [0.5, 0.6) is 5.75 Å². The highest BCUT2D eigenvalue weighted by Crippen LogP contribution is 2.18. The predicted molar refractivity (Wildman–Crippen MR) is 102 cm³/mol. The zero-order valence-electron chi connectivity index (χ0n) is 15.7. The van der Waals surface area contributed by atoms with Gasteiger partial charge in [-0.1, -0.05) is 17.7 Å². The van der Waals surface area contributed by atoms with Gasteiger partial charge in [0.2, 0.25) is 0 Å². The van der Waals surface area contributed by atoms with E-state index < -0.39 is 6.03 Å². The van der Waals surface area contributed by atoms with Crippen LogP contribution in [0.3, 0.4) is 0 Å². The molecule has 0 bridgehead atoms.